The van der Waals surface area contributed by atoms with Crippen LogP contribution in [0.5, 0.6) is 0 Å². The summed E-state index contributed by atoms with van der Waals surface area (Å²) in [6.07, 6.45) is 5.02. The molecule has 4 heteroatoms. The van der Waals surface area contributed by atoms with E-state index in [0.717, 1.165) is 25.7 Å². The molecule has 0 radical (unpaired) electrons. The van der Waals surface area contributed by atoms with Crippen molar-refractivity contribution in [1.29, 1.82) is 0 Å². The van der Waals surface area contributed by atoms with Crippen LogP contribution in [0.4, 0.5) is 0 Å². The molecule has 100 valence electrons. The number of esters is 1. The topological polar surface area (TPSA) is 43.4 Å². The first-order valence-corrected chi connectivity index (χ1v) is 7.33. The summed E-state index contributed by atoms with van der Waals surface area (Å²) in [7, 11) is 0. The van der Waals surface area contributed by atoms with Crippen LogP contribution >= 0.6 is 11.8 Å². The Morgan fingerprint density at radius 2 is 1.82 bits per heavy atom. The van der Waals surface area contributed by atoms with Gasteiger partial charge in [-0.1, -0.05) is 38.5 Å². The van der Waals surface area contributed by atoms with Gasteiger partial charge in [0, 0.05) is 18.1 Å². The number of hydrogen-bond donors (Lipinski definition) is 0. The molecule has 3 nitrogen and oxygen atoms in total. The van der Waals surface area contributed by atoms with E-state index in [4.69, 9.17) is 4.74 Å². The molecule has 0 amide bonds. The first-order chi connectivity index (χ1) is 8.10. The van der Waals surface area contributed by atoms with Gasteiger partial charge in [0.25, 0.3) is 0 Å². The summed E-state index contributed by atoms with van der Waals surface area (Å²) in [6.45, 7) is 6.34. The molecule has 0 bridgehead atoms. The van der Waals surface area contributed by atoms with Gasteiger partial charge in [0.05, 0.1) is 0 Å². The molecular weight excluding hydrogens is 236 g/mol. The standard InChI is InChI=1S/C13H24O3S/c1-4-6-7-9-12(14)16-10-11(3)17-13(15)8-5-2/h11H,4-10H2,1-3H3. The first-order valence-electron chi connectivity index (χ1n) is 6.45. The number of ether oxygens (including phenoxy) is 1. The Morgan fingerprint density at radius 1 is 1.12 bits per heavy atom. The predicted octanol–water partition coefficient (Wildman–Crippen LogP) is 3.56. The zero-order valence-corrected chi connectivity index (χ0v) is 12.0. The quantitative estimate of drug-likeness (QED) is 0.469. The average molecular weight is 260 g/mol. The molecular formula is C13H24O3S. The summed E-state index contributed by atoms with van der Waals surface area (Å²) >= 11 is 1.28. The minimum atomic E-state index is -0.145. The second-order valence-corrected chi connectivity index (χ2v) is 5.69. The van der Waals surface area contributed by atoms with Crippen LogP contribution < -0.4 is 0 Å². The lowest BCUT2D eigenvalue weighted by atomic mass is 10.2. The fraction of sp³-hybridized carbons (Fsp3) is 0.846. The van der Waals surface area contributed by atoms with E-state index in [9.17, 15) is 9.59 Å². The van der Waals surface area contributed by atoms with E-state index in [1.54, 1.807) is 0 Å². The zero-order valence-electron chi connectivity index (χ0n) is 11.2. The van der Waals surface area contributed by atoms with E-state index in [1.807, 2.05) is 13.8 Å². The van der Waals surface area contributed by atoms with Crippen LogP contribution in [0.3, 0.4) is 0 Å². The van der Waals surface area contributed by atoms with Gasteiger partial charge in [0.2, 0.25) is 0 Å². The van der Waals surface area contributed by atoms with Crippen LogP contribution in [0.15, 0.2) is 0 Å². The Balaban J connectivity index is 3.58. The molecule has 0 aliphatic heterocycles. The Hall–Kier alpha value is -0.510. The smallest absolute Gasteiger partial charge is 0.305 e. The normalized spacial score (nSPS) is 12.2. The van der Waals surface area contributed by atoms with Crippen molar-refractivity contribution in [2.45, 2.75) is 64.5 Å². The van der Waals surface area contributed by atoms with Gasteiger partial charge in [0.1, 0.15) is 6.61 Å². The lowest BCUT2D eigenvalue weighted by Crippen LogP contribution is -2.15. The van der Waals surface area contributed by atoms with Gasteiger partial charge in [-0.3, -0.25) is 9.59 Å². The second kappa shape index (κ2) is 10.6. The number of thioether (sulfide) groups is 1. The second-order valence-electron chi connectivity index (χ2n) is 4.19. The first kappa shape index (κ1) is 16.5. The molecule has 0 spiro atoms. The highest BCUT2D eigenvalue weighted by atomic mass is 32.2. The van der Waals surface area contributed by atoms with Gasteiger partial charge in [0.15, 0.2) is 5.12 Å². The summed E-state index contributed by atoms with van der Waals surface area (Å²) in [5, 5.41) is 0.242. The molecule has 1 unspecified atom stereocenters. The molecule has 0 fully saturated rings. The van der Waals surface area contributed by atoms with Crippen molar-refractivity contribution < 1.29 is 14.3 Å². The molecule has 17 heavy (non-hydrogen) atoms. The van der Waals surface area contributed by atoms with Crippen molar-refractivity contribution in [3.63, 3.8) is 0 Å². The van der Waals surface area contributed by atoms with E-state index in [1.165, 1.54) is 11.8 Å². The Labute approximate surface area is 109 Å². The van der Waals surface area contributed by atoms with Crippen LogP contribution in [-0.4, -0.2) is 22.9 Å². The van der Waals surface area contributed by atoms with E-state index in [2.05, 4.69) is 6.92 Å². The minimum absolute atomic E-state index is 0.0594. The van der Waals surface area contributed by atoms with Crippen LogP contribution in [0.1, 0.15) is 59.3 Å². The molecule has 0 aromatic carbocycles. The van der Waals surface area contributed by atoms with Gasteiger partial charge >= 0.3 is 5.97 Å². The van der Waals surface area contributed by atoms with Crippen LogP contribution in [0.25, 0.3) is 0 Å². The SMILES string of the molecule is CCCCCC(=O)OCC(C)SC(=O)CCC. The maximum Gasteiger partial charge on any atom is 0.305 e. The van der Waals surface area contributed by atoms with Crippen molar-refractivity contribution >= 4 is 22.8 Å². The molecule has 0 saturated carbocycles. The largest absolute Gasteiger partial charge is 0.464 e. The highest BCUT2D eigenvalue weighted by Crippen LogP contribution is 2.15. The third-order valence-corrected chi connectivity index (χ3v) is 3.26. The summed E-state index contributed by atoms with van der Waals surface area (Å²) < 4.78 is 5.12. The van der Waals surface area contributed by atoms with Crippen molar-refractivity contribution in [3.8, 4) is 0 Å². The van der Waals surface area contributed by atoms with Gasteiger partial charge in [-0.25, -0.2) is 0 Å². The lowest BCUT2D eigenvalue weighted by molar-refractivity contribution is -0.143. The van der Waals surface area contributed by atoms with E-state index >= 15 is 0 Å². The summed E-state index contributed by atoms with van der Waals surface area (Å²) in [4.78, 5) is 22.6. The zero-order chi connectivity index (χ0) is 13.1. The molecule has 0 rings (SSSR count). The molecule has 0 aliphatic carbocycles. The molecule has 0 heterocycles. The molecule has 0 aromatic heterocycles. The average Bonchev–Trinajstić information content (AvgIpc) is 2.27. The molecule has 0 N–H and O–H groups in total. The van der Waals surface area contributed by atoms with Gasteiger partial charge in [-0.15, -0.1) is 0 Å². The number of hydrogen-bond acceptors (Lipinski definition) is 4. The maximum atomic E-state index is 11.3. The van der Waals surface area contributed by atoms with Crippen molar-refractivity contribution in [3.05, 3.63) is 0 Å². The van der Waals surface area contributed by atoms with Crippen LogP contribution in [-0.2, 0) is 14.3 Å². The predicted molar refractivity (Wildman–Crippen MR) is 72.1 cm³/mol. The summed E-state index contributed by atoms with van der Waals surface area (Å²) in [5.74, 6) is -0.145. The van der Waals surface area contributed by atoms with Crippen molar-refractivity contribution in [2.75, 3.05) is 6.61 Å². The van der Waals surface area contributed by atoms with Gasteiger partial charge < -0.3 is 4.74 Å². The summed E-state index contributed by atoms with van der Waals surface area (Å²) in [5.41, 5.74) is 0. The van der Waals surface area contributed by atoms with Crippen molar-refractivity contribution in [1.82, 2.24) is 0 Å². The van der Waals surface area contributed by atoms with Crippen molar-refractivity contribution in [2.24, 2.45) is 0 Å². The summed E-state index contributed by atoms with van der Waals surface area (Å²) in [6, 6.07) is 0. The maximum absolute atomic E-state index is 11.3. The third-order valence-electron chi connectivity index (χ3n) is 2.25. The monoisotopic (exact) mass is 260 g/mol. The Kier molecular flexibility index (Phi) is 10.3. The fourth-order valence-corrected chi connectivity index (χ4v) is 2.23. The van der Waals surface area contributed by atoms with Gasteiger partial charge in [-0.2, -0.15) is 0 Å². The van der Waals surface area contributed by atoms with E-state index in [0.29, 0.717) is 19.4 Å². The highest BCUT2D eigenvalue weighted by molar-refractivity contribution is 8.14. The van der Waals surface area contributed by atoms with E-state index < -0.39 is 0 Å². The lowest BCUT2D eigenvalue weighted by Gasteiger charge is -2.10. The number of unbranched alkanes of at least 4 members (excludes halogenated alkanes) is 2. The molecule has 0 saturated heterocycles. The van der Waals surface area contributed by atoms with Crippen LogP contribution in [0.2, 0.25) is 0 Å². The van der Waals surface area contributed by atoms with Gasteiger partial charge in [-0.05, 0) is 19.8 Å². The number of carbonyl (C=O) groups is 2. The Bertz CT molecular complexity index is 229. The third kappa shape index (κ3) is 10.4. The molecule has 1 atom stereocenters. The number of rotatable bonds is 9. The molecule has 0 aliphatic rings. The molecule has 0 aromatic rings. The van der Waals surface area contributed by atoms with E-state index in [-0.39, 0.29) is 16.3 Å². The van der Waals surface area contributed by atoms with Crippen LogP contribution in [0, 0.1) is 0 Å². The number of carbonyl (C=O) groups excluding carboxylic acids is 2. The Morgan fingerprint density at radius 3 is 2.41 bits per heavy atom. The highest BCUT2D eigenvalue weighted by Gasteiger charge is 2.11. The minimum Gasteiger partial charge on any atom is -0.464 e. The fourth-order valence-electron chi connectivity index (χ4n) is 1.32.